The maximum atomic E-state index is 12.7. The number of rotatable bonds is 3. The minimum absolute atomic E-state index is 0.223. The number of hydrogen-bond donors (Lipinski definition) is 1. The van der Waals surface area contributed by atoms with E-state index in [9.17, 15) is 14.4 Å². The van der Waals surface area contributed by atoms with Gasteiger partial charge in [-0.05, 0) is 36.4 Å². The van der Waals surface area contributed by atoms with Crippen molar-refractivity contribution in [3.8, 4) is 0 Å². The van der Waals surface area contributed by atoms with Crippen molar-refractivity contribution >= 4 is 46.0 Å². The fraction of sp³-hybridized carbons (Fsp3) is 0.105. The minimum Gasteiger partial charge on any atom is -0.465 e. The van der Waals surface area contributed by atoms with Crippen molar-refractivity contribution in [1.29, 1.82) is 0 Å². The average Bonchev–Trinajstić information content (AvgIpc) is 3.00. The zero-order valence-electron chi connectivity index (χ0n) is 14.1. The van der Waals surface area contributed by atoms with Crippen LogP contribution in [0.1, 0.15) is 32.4 Å². The number of carbonyl (C=O) groups is 3. The highest BCUT2D eigenvalue weighted by atomic mass is 35.5. The number of halogens is 1. The van der Waals surface area contributed by atoms with Crippen LogP contribution >= 0.6 is 11.6 Å². The van der Waals surface area contributed by atoms with Gasteiger partial charge in [0.25, 0.3) is 5.91 Å². The molecule has 0 aliphatic carbocycles. The summed E-state index contributed by atoms with van der Waals surface area (Å²) >= 11 is 6.00. The van der Waals surface area contributed by atoms with Gasteiger partial charge >= 0.3 is 5.97 Å². The molecule has 0 aliphatic heterocycles. The number of methoxy groups -OCH3 is 1. The predicted octanol–water partition coefficient (Wildman–Crippen LogP) is 3.99. The van der Waals surface area contributed by atoms with Crippen molar-refractivity contribution < 1.29 is 19.1 Å². The van der Waals surface area contributed by atoms with E-state index in [0.717, 1.165) is 0 Å². The zero-order valence-corrected chi connectivity index (χ0v) is 14.8. The van der Waals surface area contributed by atoms with Gasteiger partial charge in [-0.3, -0.25) is 14.2 Å². The Kier molecular flexibility index (Phi) is 4.77. The van der Waals surface area contributed by atoms with E-state index in [0.29, 0.717) is 32.7 Å². The van der Waals surface area contributed by atoms with Crippen LogP contribution in [0.15, 0.2) is 48.7 Å². The maximum absolute atomic E-state index is 12.7. The van der Waals surface area contributed by atoms with E-state index < -0.39 is 5.97 Å². The Balaban J connectivity index is 1.93. The number of ether oxygens (including phenoxy) is 1. The van der Waals surface area contributed by atoms with Crippen LogP contribution in [0.2, 0.25) is 5.02 Å². The predicted molar refractivity (Wildman–Crippen MR) is 99.0 cm³/mol. The van der Waals surface area contributed by atoms with E-state index in [4.69, 9.17) is 11.6 Å². The first-order valence-electron chi connectivity index (χ1n) is 7.72. The van der Waals surface area contributed by atoms with Crippen LogP contribution < -0.4 is 5.32 Å². The SMILES string of the molecule is COC(=O)c1ccc(NC(=O)c2cn(C(C)=O)c3cc(Cl)ccc23)cc1. The van der Waals surface area contributed by atoms with Crippen LogP contribution in [-0.2, 0) is 4.74 Å². The quantitative estimate of drug-likeness (QED) is 0.707. The first-order valence-corrected chi connectivity index (χ1v) is 8.10. The van der Waals surface area contributed by atoms with Gasteiger partial charge in [-0.2, -0.15) is 0 Å². The molecule has 0 unspecified atom stereocenters. The number of anilines is 1. The van der Waals surface area contributed by atoms with Crippen LogP contribution in [0, 0.1) is 0 Å². The summed E-state index contributed by atoms with van der Waals surface area (Å²) < 4.78 is 6.02. The monoisotopic (exact) mass is 370 g/mol. The van der Waals surface area contributed by atoms with Crippen molar-refractivity contribution in [3.63, 3.8) is 0 Å². The highest BCUT2D eigenvalue weighted by molar-refractivity contribution is 6.31. The van der Waals surface area contributed by atoms with Crippen LogP contribution in [0.5, 0.6) is 0 Å². The number of fused-ring (bicyclic) bond motifs is 1. The molecule has 0 aliphatic rings. The molecule has 26 heavy (non-hydrogen) atoms. The van der Waals surface area contributed by atoms with Crippen LogP contribution in [0.25, 0.3) is 10.9 Å². The minimum atomic E-state index is -0.454. The summed E-state index contributed by atoms with van der Waals surface area (Å²) in [7, 11) is 1.30. The van der Waals surface area contributed by atoms with Crippen LogP contribution in [0.4, 0.5) is 5.69 Å². The summed E-state index contributed by atoms with van der Waals surface area (Å²) in [6.07, 6.45) is 1.49. The molecule has 1 aromatic heterocycles. The van der Waals surface area contributed by atoms with E-state index in [-0.39, 0.29) is 11.8 Å². The molecule has 0 bridgehead atoms. The Hall–Kier alpha value is -3.12. The molecule has 1 amide bonds. The molecule has 0 fully saturated rings. The third-order valence-electron chi connectivity index (χ3n) is 3.92. The molecule has 0 spiro atoms. The Morgan fingerprint density at radius 1 is 1.08 bits per heavy atom. The second-order valence-electron chi connectivity index (χ2n) is 5.62. The third-order valence-corrected chi connectivity index (χ3v) is 4.15. The van der Waals surface area contributed by atoms with Gasteiger partial charge < -0.3 is 10.1 Å². The number of esters is 1. The van der Waals surface area contributed by atoms with E-state index >= 15 is 0 Å². The number of benzene rings is 2. The molecule has 1 heterocycles. The number of carbonyl (C=O) groups excluding carboxylic acids is 3. The lowest BCUT2D eigenvalue weighted by atomic mass is 10.1. The third kappa shape index (κ3) is 3.32. The molecule has 132 valence electrons. The lowest BCUT2D eigenvalue weighted by molar-refractivity contribution is 0.0600. The second kappa shape index (κ2) is 7.01. The summed E-state index contributed by atoms with van der Waals surface area (Å²) in [6.45, 7) is 1.41. The van der Waals surface area contributed by atoms with Crippen LogP contribution in [-0.4, -0.2) is 29.5 Å². The van der Waals surface area contributed by atoms with Crippen LogP contribution in [0.3, 0.4) is 0 Å². The van der Waals surface area contributed by atoms with Crippen molar-refractivity contribution in [2.75, 3.05) is 12.4 Å². The Morgan fingerprint density at radius 3 is 2.38 bits per heavy atom. The molecule has 0 atom stereocenters. The molecular formula is C19H15ClN2O4. The van der Waals surface area contributed by atoms with E-state index in [2.05, 4.69) is 10.1 Å². The van der Waals surface area contributed by atoms with Gasteiger partial charge in [-0.1, -0.05) is 17.7 Å². The van der Waals surface area contributed by atoms with E-state index in [1.165, 1.54) is 24.8 Å². The average molecular weight is 371 g/mol. The number of amides is 1. The maximum Gasteiger partial charge on any atom is 0.337 e. The summed E-state index contributed by atoms with van der Waals surface area (Å²) in [4.78, 5) is 36.0. The summed E-state index contributed by atoms with van der Waals surface area (Å²) in [5, 5.41) is 3.85. The molecule has 6 nitrogen and oxygen atoms in total. The Labute approximate surface area is 154 Å². The van der Waals surface area contributed by atoms with Gasteiger partial charge in [-0.15, -0.1) is 0 Å². The molecular weight excluding hydrogens is 356 g/mol. The van der Waals surface area contributed by atoms with Crippen molar-refractivity contribution in [2.24, 2.45) is 0 Å². The second-order valence-corrected chi connectivity index (χ2v) is 6.05. The molecule has 3 rings (SSSR count). The number of aromatic nitrogens is 1. The number of nitrogens with zero attached hydrogens (tertiary/aromatic N) is 1. The molecule has 3 aromatic rings. The zero-order chi connectivity index (χ0) is 18.8. The summed E-state index contributed by atoms with van der Waals surface area (Å²) in [6, 6.07) is 11.3. The van der Waals surface area contributed by atoms with Gasteiger partial charge in [0.15, 0.2) is 0 Å². The van der Waals surface area contributed by atoms with Gasteiger partial charge in [0, 0.05) is 29.2 Å². The van der Waals surface area contributed by atoms with Gasteiger partial charge in [-0.25, -0.2) is 4.79 Å². The van der Waals surface area contributed by atoms with Gasteiger partial charge in [0.1, 0.15) is 0 Å². The molecule has 0 radical (unpaired) electrons. The first-order chi connectivity index (χ1) is 12.4. The number of nitrogens with one attached hydrogen (secondary N) is 1. The standard InChI is InChI=1S/C19H15ClN2O4/c1-11(23)22-10-16(15-8-5-13(20)9-17(15)22)18(24)21-14-6-3-12(4-7-14)19(25)26-2/h3-10H,1-2H3,(H,21,24). The smallest absolute Gasteiger partial charge is 0.337 e. The topological polar surface area (TPSA) is 77.4 Å². The fourth-order valence-electron chi connectivity index (χ4n) is 2.65. The molecule has 0 saturated heterocycles. The largest absolute Gasteiger partial charge is 0.465 e. The summed E-state index contributed by atoms with van der Waals surface area (Å²) in [5.41, 5.74) is 1.81. The normalized spacial score (nSPS) is 10.6. The highest BCUT2D eigenvalue weighted by Crippen LogP contribution is 2.26. The Morgan fingerprint density at radius 2 is 1.77 bits per heavy atom. The molecule has 0 saturated carbocycles. The lowest BCUT2D eigenvalue weighted by Gasteiger charge is -2.05. The van der Waals surface area contributed by atoms with E-state index in [1.807, 2.05) is 0 Å². The molecule has 1 N–H and O–H groups in total. The summed E-state index contributed by atoms with van der Waals surface area (Å²) in [5.74, 6) is -1.05. The van der Waals surface area contributed by atoms with Gasteiger partial charge in [0.05, 0.1) is 23.8 Å². The molecule has 2 aromatic carbocycles. The molecule has 7 heteroatoms. The van der Waals surface area contributed by atoms with E-state index in [1.54, 1.807) is 42.5 Å². The first kappa shape index (κ1) is 17.7. The van der Waals surface area contributed by atoms with Crippen molar-refractivity contribution in [3.05, 3.63) is 64.8 Å². The van der Waals surface area contributed by atoms with Gasteiger partial charge in [0.2, 0.25) is 5.91 Å². The number of hydrogen-bond acceptors (Lipinski definition) is 4. The lowest BCUT2D eigenvalue weighted by Crippen LogP contribution is -2.12. The Bertz CT molecular complexity index is 1020. The van der Waals surface area contributed by atoms with Crippen molar-refractivity contribution in [2.45, 2.75) is 6.92 Å². The van der Waals surface area contributed by atoms with Crippen molar-refractivity contribution in [1.82, 2.24) is 4.57 Å². The highest BCUT2D eigenvalue weighted by Gasteiger charge is 2.17. The fourth-order valence-corrected chi connectivity index (χ4v) is 2.81.